The molecule has 0 unspecified atom stereocenters. The van der Waals surface area contributed by atoms with E-state index in [0.29, 0.717) is 30.7 Å². The van der Waals surface area contributed by atoms with Gasteiger partial charge in [-0.3, -0.25) is 0 Å². The van der Waals surface area contributed by atoms with E-state index in [4.69, 9.17) is 14.0 Å². The highest BCUT2D eigenvalue weighted by Crippen LogP contribution is 2.35. The molecule has 0 bridgehead atoms. The Hall–Kier alpha value is -1.99. The van der Waals surface area contributed by atoms with Crippen molar-refractivity contribution in [3.63, 3.8) is 0 Å². The summed E-state index contributed by atoms with van der Waals surface area (Å²) in [5.41, 5.74) is 0. The summed E-state index contributed by atoms with van der Waals surface area (Å²) in [6, 6.07) is 9.93. The highest BCUT2D eigenvalue weighted by atomic mass is 32.2. The van der Waals surface area contributed by atoms with Crippen LogP contribution in [-0.2, 0) is 5.75 Å². The lowest BCUT2D eigenvalue weighted by atomic mass is 10.3. The molecule has 0 fully saturated rings. The molecule has 3 heterocycles. The SMILES string of the molecule is c1csc(-c2noc(CSc3ccc4c(c3)OCCCO4)n2)c1. The summed E-state index contributed by atoms with van der Waals surface area (Å²) in [7, 11) is 0. The van der Waals surface area contributed by atoms with Crippen LogP contribution >= 0.6 is 23.1 Å². The Kier molecular flexibility index (Phi) is 4.21. The first kappa shape index (κ1) is 14.6. The van der Waals surface area contributed by atoms with E-state index in [-0.39, 0.29) is 0 Å². The van der Waals surface area contributed by atoms with Crippen LogP contribution in [0.2, 0.25) is 0 Å². The first-order valence-electron chi connectivity index (χ1n) is 7.27. The van der Waals surface area contributed by atoms with E-state index in [2.05, 4.69) is 10.1 Å². The van der Waals surface area contributed by atoms with Crippen molar-refractivity contribution in [2.45, 2.75) is 17.1 Å². The number of fused-ring (bicyclic) bond motifs is 1. The van der Waals surface area contributed by atoms with Crippen molar-refractivity contribution in [2.24, 2.45) is 0 Å². The molecular weight excluding hydrogens is 332 g/mol. The van der Waals surface area contributed by atoms with Crippen LogP contribution in [0.4, 0.5) is 0 Å². The van der Waals surface area contributed by atoms with Gasteiger partial charge in [0, 0.05) is 11.3 Å². The normalized spacial score (nSPS) is 13.7. The van der Waals surface area contributed by atoms with E-state index < -0.39 is 0 Å². The van der Waals surface area contributed by atoms with Gasteiger partial charge in [-0.15, -0.1) is 23.1 Å². The third-order valence-corrected chi connectivity index (χ3v) is 5.14. The molecule has 0 saturated heterocycles. The number of thioether (sulfide) groups is 1. The maximum absolute atomic E-state index is 5.71. The molecule has 0 aliphatic carbocycles. The zero-order chi connectivity index (χ0) is 15.5. The number of ether oxygens (including phenoxy) is 2. The second-order valence-corrected chi connectivity index (χ2v) is 6.93. The minimum atomic E-state index is 0.616. The molecule has 1 aromatic carbocycles. The maximum atomic E-state index is 5.71. The van der Waals surface area contributed by atoms with Gasteiger partial charge < -0.3 is 14.0 Å². The van der Waals surface area contributed by atoms with E-state index in [1.165, 1.54) is 0 Å². The predicted molar refractivity (Wildman–Crippen MR) is 89.2 cm³/mol. The average molecular weight is 346 g/mol. The van der Waals surface area contributed by atoms with Gasteiger partial charge >= 0.3 is 0 Å². The summed E-state index contributed by atoms with van der Waals surface area (Å²) in [5, 5.41) is 6.02. The smallest absolute Gasteiger partial charge is 0.237 e. The highest BCUT2D eigenvalue weighted by molar-refractivity contribution is 7.98. The van der Waals surface area contributed by atoms with Crippen LogP contribution in [0.15, 0.2) is 45.1 Å². The Morgan fingerprint density at radius 1 is 1.13 bits per heavy atom. The molecule has 0 radical (unpaired) electrons. The van der Waals surface area contributed by atoms with Gasteiger partial charge in [0.15, 0.2) is 11.5 Å². The lowest BCUT2D eigenvalue weighted by Gasteiger charge is -2.08. The third kappa shape index (κ3) is 3.35. The van der Waals surface area contributed by atoms with Crippen LogP contribution in [0.3, 0.4) is 0 Å². The molecule has 1 aliphatic heterocycles. The zero-order valence-corrected chi connectivity index (χ0v) is 13.9. The number of nitrogens with zero attached hydrogens (tertiary/aromatic N) is 2. The van der Waals surface area contributed by atoms with Gasteiger partial charge in [0.1, 0.15) is 0 Å². The summed E-state index contributed by atoms with van der Waals surface area (Å²) < 4.78 is 16.7. The van der Waals surface area contributed by atoms with Gasteiger partial charge in [-0.05, 0) is 29.6 Å². The minimum Gasteiger partial charge on any atom is -0.490 e. The van der Waals surface area contributed by atoms with E-state index in [0.717, 1.165) is 27.7 Å². The Morgan fingerprint density at radius 2 is 2.04 bits per heavy atom. The Morgan fingerprint density at radius 3 is 2.91 bits per heavy atom. The Balaban J connectivity index is 1.44. The van der Waals surface area contributed by atoms with Crippen molar-refractivity contribution in [1.29, 1.82) is 0 Å². The molecule has 23 heavy (non-hydrogen) atoms. The molecule has 0 amide bonds. The molecule has 0 N–H and O–H groups in total. The maximum Gasteiger partial charge on any atom is 0.237 e. The molecule has 0 saturated carbocycles. The van der Waals surface area contributed by atoms with Crippen molar-refractivity contribution in [3.05, 3.63) is 41.6 Å². The molecule has 3 aromatic rings. The standard InChI is InChI=1S/C16H14N2O3S2/c1-3-14(22-8-1)16-17-15(21-18-16)10-23-11-4-5-12-13(9-11)20-7-2-6-19-12/h1,3-5,8-9H,2,6-7,10H2. The quantitative estimate of drug-likeness (QED) is 0.658. The van der Waals surface area contributed by atoms with E-state index >= 15 is 0 Å². The lowest BCUT2D eigenvalue weighted by molar-refractivity contribution is 0.297. The fourth-order valence-electron chi connectivity index (χ4n) is 2.20. The van der Waals surface area contributed by atoms with Crippen LogP contribution in [0.5, 0.6) is 11.5 Å². The van der Waals surface area contributed by atoms with Gasteiger partial charge in [0.2, 0.25) is 11.7 Å². The molecule has 4 rings (SSSR count). The van der Waals surface area contributed by atoms with Crippen LogP contribution in [0, 0.1) is 0 Å². The van der Waals surface area contributed by atoms with Crippen LogP contribution in [0.25, 0.3) is 10.7 Å². The zero-order valence-electron chi connectivity index (χ0n) is 12.2. The third-order valence-electron chi connectivity index (χ3n) is 3.29. The van der Waals surface area contributed by atoms with E-state index in [9.17, 15) is 0 Å². The minimum absolute atomic E-state index is 0.616. The molecule has 7 heteroatoms. The first-order chi connectivity index (χ1) is 11.4. The Bertz CT molecular complexity index is 786. The summed E-state index contributed by atoms with van der Waals surface area (Å²) in [5.74, 6) is 3.50. The molecule has 0 atom stereocenters. The number of benzene rings is 1. The Labute approximate surface area is 141 Å². The van der Waals surface area contributed by atoms with Gasteiger partial charge in [-0.1, -0.05) is 11.2 Å². The summed E-state index contributed by atoms with van der Waals surface area (Å²) in [4.78, 5) is 6.53. The number of hydrogen-bond donors (Lipinski definition) is 0. The lowest BCUT2D eigenvalue weighted by Crippen LogP contribution is -1.97. The first-order valence-corrected chi connectivity index (χ1v) is 9.14. The summed E-state index contributed by atoms with van der Waals surface area (Å²) in [6.07, 6.45) is 0.907. The second-order valence-electron chi connectivity index (χ2n) is 4.94. The van der Waals surface area contributed by atoms with Crippen molar-refractivity contribution >= 4 is 23.1 Å². The topological polar surface area (TPSA) is 57.4 Å². The average Bonchev–Trinajstić information content (AvgIpc) is 3.20. The van der Waals surface area contributed by atoms with E-state index in [1.54, 1.807) is 23.1 Å². The fourth-order valence-corrected chi connectivity index (χ4v) is 3.61. The number of aromatic nitrogens is 2. The predicted octanol–water partition coefficient (Wildman–Crippen LogP) is 4.25. The van der Waals surface area contributed by atoms with Crippen molar-refractivity contribution in [3.8, 4) is 22.2 Å². The van der Waals surface area contributed by atoms with Crippen LogP contribution < -0.4 is 9.47 Å². The summed E-state index contributed by atoms with van der Waals surface area (Å²) in [6.45, 7) is 1.39. The number of hydrogen-bond acceptors (Lipinski definition) is 7. The molecular formula is C16H14N2O3S2. The molecule has 2 aromatic heterocycles. The van der Waals surface area contributed by atoms with Crippen LogP contribution in [0.1, 0.15) is 12.3 Å². The second kappa shape index (κ2) is 6.64. The van der Waals surface area contributed by atoms with Gasteiger partial charge in [-0.2, -0.15) is 4.98 Å². The molecule has 1 aliphatic rings. The van der Waals surface area contributed by atoms with Crippen molar-refractivity contribution in [2.75, 3.05) is 13.2 Å². The van der Waals surface area contributed by atoms with Crippen molar-refractivity contribution in [1.82, 2.24) is 10.1 Å². The van der Waals surface area contributed by atoms with Gasteiger partial charge in [0.05, 0.1) is 23.8 Å². The highest BCUT2D eigenvalue weighted by Gasteiger charge is 2.13. The fraction of sp³-hybridized carbons (Fsp3) is 0.250. The number of thiophene rings is 1. The largest absolute Gasteiger partial charge is 0.490 e. The van der Waals surface area contributed by atoms with E-state index in [1.807, 2.05) is 35.7 Å². The number of rotatable bonds is 4. The molecule has 5 nitrogen and oxygen atoms in total. The van der Waals surface area contributed by atoms with Gasteiger partial charge in [0.25, 0.3) is 0 Å². The monoisotopic (exact) mass is 346 g/mol. The molecule has 118 valence electrons. The molecule has 0 spiro atoms. The van der Waals surface area contributed by atoms with Gasteiger partial charge in [-0.25, -0.2) is 0 Å². The van der Waals surface area contributed by atoms with Crippen molar-refractivity contribution < 1.29 is 14.0 Å². The van der Waals surface area contributed by atoms with Crippen LogP contribution in [-0.4, -0.2) is 23.4 Å². The summed E-state index contributed by atoms with van der Waals surface area (Å²) >= 11 is 3.23.